The zero-order chi connectivity index (χ0) is 26.4. The quantitative estimate of drug-likeness (QED) is 0.270. The second-order valence-corrected chi connectivity index (χ2v) is 10.5. The maximum atomic E-state index is 13.8. The number of amides is 1. The topological polar surface area (TPSA) is 103 Å². The van der Waals surface area contributed by atoms with E-state index >= 15 is 0 Å². The van der Waals surface area contributed by atoms with Crippen molar-refractivity contribution in [2.24, 2.45) is 0 Å². The highest BCUT2D eigenvalue weighted by molar-refractivity contribution is 7.98. The zero-order valence-corrected chi connectivity index (χ0v) is 23.3. The van der Waals surface area contributed by atoms with Gasteiger partial charge in [-0.05, 0) is 60.9 Å². The summed E-state index contributed by atoms with van der Waals surface area (Å²) < 4.78 is 41.2. The number of hydrogen-bond donors (Lipinski definition) is 1. The summed E-state index contributed by atoms with van der Waals surface area (Å²) >= 11 is 1.50. The number of anilines is 2. The molecule has 1 heterocycles. The second-order valence-electron chi connectivity index (χ2n) is 7.76. The number of sulfonamides is 1. The van der Waals surface area contributed by atoms with Crippen LogP contribution in [0.2, 0.25) is 0 Å². The fraction of sp³-hybridized carbons (Fsp3) is 0.154. The van der Waals surface area contributed by atoms with E-state index in [9.17, 15) is 13.2 Å². The summed E-state index contributed by atoms with van der Waals surface area (Å²) in [6, 6.07) is 18.4. The number of benzene rings is 3. The summed E-state index contributed by atoms with van der Waals surface area (Å²) in [5.41, 5.74) is 1.38. The molecule has 12 heteroatoms. The minimum absolute atomic E-state index is 0. The van der Waals surface area contributed by atoms with Crippen molar-refractivity contribution < 1.29 is 22.7 Å². The van der Waals surface area contributed by atoms with Crippen LogP contribution in [0.1, 0.15) is 0 Å². The van der Waals surface area contributed by atoms with E-state index in [4.69, 9.17) is 9.47 Å². The molecule has 0 atom stereocenters. The average Bonchev–Trinajstić information content (AvgIpc) is 3.47. The molecule has 9 nitrogen and oxygen atoms in total. The molecule has 1 N–H and O–H groups in total. The Morgan fingerprint density at radius 3 is 2.37 bits per heavy atom. The molecular formula is C26H27ClN4O5S2. The van der Waals surface area contributed by atoms with E-state index in [0.29, 0.717) is 17.2 Å². The van der Waals surface area contributed by atoms with Crippen LogP contribution in [-0.4, -0.2) is 50.9 Å². The normalized spacial score (nSPS) is 10.8. The first-order chi connectivity index (χ1) is 17.9. The van der Waals surface area contributed by atoms with Crippen molar-refractivity contribution >= 4 is 51.5 Å². The highest BCUT2D eigenvalue weighted by Gasteiger charge is 2.29. The van der Waals surface area contributed by atoms with Gasteiger partial charge in [0.25, 0.3) is 10.0 Å². The second kappa shape index (κ2) is 12.7. The molecule has 38 heavy (non-hydrogen) atoms. The Bertz CT molecular complexity index is 1480. The smallest absolute Gasteiger partial charge is 0.264 e. The molecule has 0 aliphatic rings. The predicted octanol–water partition coefficient (Wildman–Crippen LogP) is 4.87. The maximum absolute atomic E-state index is 13.8. The largest absolute Gasteiger partial charge is 0.495 e. The van der Waals surface area contributed by atoms with Gasteiger partial charge in [0.15, 0.2) is 0 Å². The van der Waals surface area contributed by atoms with Crippen molar-refractivity contribution in [2.45, 2.75) is 9.79 Å². The van der Waals surface area contributed by atoms with E-state index in [1.54, 1.807) is 71.8 Å². The molecule has 0 aliphatic heterocycles. The Balaban J connectivity index is 0.00000400. The number of imidazole rings is 1. The Labute approximate surface area is 232 Å². The minimum Gasteiger partial charge on any atom is -0.495 e. The molecule has 0 saturated carbocycles. The number of halogens is 1. The van der Waals surface area contributed by atoms with E-state index in [1.165, 1.54) is 38.1 Å². The van der Waals surface area contributed by atoms with Gasteiger partial charge in [-0.2, -0.15) is 0 Å². The minimum atomic E-state index is -4.12. The van der Waals surface area contributed by atoms with Gasteiger partial charge in [-0.15, -0.1) is 24.2 Å². The molecular weight excluding hydrogens is 548 g/mol. The zero-order valence-electron chi connectivity index (χ0n) is 20.9. The summed E-state index contributed by atoms with van der Waals surface area (Å²) in [5.74, 6) is 0.187. The SMILES string of the molecule is COc1ccc(-n2ccnc2)cc1NC(=O)CN(c1ccccc1OC)S(=O)(=O)c1ccc(SC)cc1.Cl. The van der Waals surface area contributed by atoms with Crippen molar-refractivity contribution in [3.05, 3.63) is 85.5 Å². The third-order valence-corrected chi connectivity index (χ3v) is 8.07. The van der Waals surface area contributed by atoms with E-state index in [1.807, 2.05) is 12.3 Å². The number of aromatic nitrogens is 2. The molecule has 0 fully saturated rings. The first-order valence-electron chi connectivity index (χ1n) is 11.1. The molecule has 1 amide bonds. The van der Waals surface area contributed by atoms with Crippen LogP contribution >= 0.6 is 24.2 Å². The van der Waals surface area contributed by atoms with Crippen molar-refractivity contribution in [1.82, 2.24) is 9.55 Å². The molecule has 0 aliphatic carbocycles. The van der Waals surface area contributed by atoms with Crippen LogP contribution in [0, 0.1) is 0 Å². The number of carbonyl (C=O) groups excluding carboxylic acids is 1. The Morgan fingerprint density at radius 1 is 1.03 bits per heavy atom. The van der Waals surface area contributed by atoms with Crippen LogP contribution in [0.5, 0.6) is 11.5 Å². The number of nitrogens with zero attached hydrogens (tertiary/aromatic N) is 3. The van der Waals surface area contributed by atoms with Crippen molar-refractivity contribution in [2.75, 3.05) is 36.6 Å². The number of carbonyl (C=O) groups is 1. The van der Waals surface area contributed by atoms with E-state index in [2.05, 4.69) is 10.3 Å². The van der Waals surface area contributed by atoms with E-state index in [0.717, 1.165) is 14.9 Å². The number of thioether (sulfide) groups is 1. The van der Waals surface area contributed by atoms with Gasteiger partial charge in [0.1, 0.15) is 18.0 Å². The van der Waals surface area contributed by atoms with Crippen LogP contribution in [0.25, 0.3) is 5.69 Å². The molecule has 200 valence electrons. The van der Waals surface area contributed by atoms with Gasteiger partial charge in [-0.1, -0.05) is 12.1 Å². The third-order valence-electron chi connectivity index (χ3n) is 5.55. The van der Waals surface area contributed by atoms with Gasteiger partial charge in [-0.25, -0.2) is 13.4 Å². The molecule has 0 bridgehead atoms. The number of methoxy groups -OCH3 is 2. The van der Waals surface area contributed by atoms with Crippen LogP contribution in [0.3, 0.4) is 0 Å². The van der Waals surface area contributed by atoms with Crippen molar-refractivity contribution in [1.29, 1.82) is 0 Å². The number of nitrogens with one attached hydrogen (secondary N) is 1. The van der Waals surface area contributed by atoms with Gasteiger partial charge >= 0.3 is 0 Å². The molecule has 0 saturated heterocycles. The summed E-state index contributed by atoms with van der Waals surface area (Å²) in [5, 5.41) is 2.80. The lowest BCUT2D eigenvalue weighted by Gasteiger charge is -2.26. The molecule has 4 rings (SSSR count). The first-order valence-corrected chi connectivity index (χ1v) is 13.8. The monoisotopic (exact) mass is 574 g/mol. The lowest BCUT2D eigenvalue weighted by Crippen LogP contribution is -2.38. The molecule has 0 spiro atoms. The fourth-order valence-electron chi connectivity index (χ4n) is 3.70. The Kier molecular flexibility index (Phi) is 9.67. The molecule has 0 radical (unpaired) electrons. The number of rotatable bonds is 10. The summed E-state index contributed by atoms with van der Waals surface area (Å²) in [6.45, 7) is -0.495. The Hall–Kier alpha value is -3.67. The summed E-state index contributed by atoms with van der Waals surface area (Å²) in [6.07, 6.45) is 6.95. The molecule has 4 aromatic rings. The standard InChI is InChI=1S/C26H26N4O5S2.ClH/c1-34-24-13-8-19(29-15-14-27-18-29)16-22(24)28-26(31)17-30(23-6-4-5-7-25(23)35-2)37(32,33)21-11-9-20(36-3)10-12-21;/h4-16,18H,17H2,1-3H3,(H,28,31);1H. The summed E-state index contributed by atoms with van der Waals surface area (Å²) in [7, 11) is -1.18. The van der Waals surface area contributed by atoms with Crippen molar-refractivity contribution in [3.63, 3.8) is 0 Å². The Morgan fingerprint density at radius 2 is 1.74 bits per heavy atom. The van der Waals surface area contributed by atoms with Gasteiger partial charge in [0.2, 0.25) is 5.91 Å². The number of para-hydroxylation sites is 2. The van der Waals surface area contributed by atoms with E-state index in [-0.39, 0.29) is 23.0 Å². The average molecular weight is 575 g/mol. The molecule has 0 unspecified atom stereocenters. The highest BCUT2D eigenvalue weighted by Crippen LogP contribution is 2.33. The van der Waals surface area contributed by atoms with Gasteiger partial charge in [0.05, 0.1) is 36.8 Å². The van der Waals surface area contributed by atoms with Crippen LogP contribution in [0.4, 0.5) is 11.4 Å². The summed E-state index contributed by atoms with van der Waals surface area (Å²) in [4.78, 5) is 18.3. The van der Waals surface area contributed by atoms with Crippen LogP contribution in [0.15, 0.2) is 95.2 Å². The van der Waals surface area contributed by atoms with Gasteiger partial charge < -0.3 is 19.4 Å². The van der Waals surface area contributed by atoms with Crippen LogP contribution in [-0.2, 0) is 14.8 Å². The number of hydrogen-bond acceptors (Lipinski definition) is 7. The van der Waals surface area contributed by atoms with Crippen molar-refractivity contribution in [3.8, 4) is 17.2 Å². The molecule has 3 aromatic carbocycles. The van der Waals surface area contributed by atoms with Gasteiger partial charge in [-0.3, -0.25) is 9.10 Å². The van der Waals surface area contributed by atoms with E-state index < -0.39 is 22.5 Å². The molecule has 1 aromatic heterocycles. The number of ether oxygens (including phenoxy) is 2. The van der Waals surface area contributed by atoms with Gasteiger partial charge in [0, 0.05) is 23.0 Å². The third kappa shape index (κ3) is 6.24. The lowest BCUT2D eigenvalue weighted by atomic mass is 10.2. The predicted molar refractivity (Wildman–Crippen MR) is 152 cm³/mol. The maximum Gasteiger partial charge on any atom is 0.264 e. The fourth-order valence-corrected chi connectivity index (χ4v) is 5.54. The highest BCUT2D eigenvalue weighted by atomic mass is 35.5. The lowest BCUT2D eigenvalue weighted by molar-refractivity contribution is -0.114. The van der Waals surface area contributed by atoms with Crippen LogP contribution < -0.4 is 19.1 Å². The first kappa shape index (κ1) is 28.9.